The highest BCUT2D eigenvalue weighted by molar-refractivity contribution is 5.80. The fourth-order valence-corrected chi connectivity index (χ4v) is 1.50. The largest absolute Gasteiger partial charge is 0.380 e. The summed E-state index contributed by atoms with van der Waals surface area (Å²) < 4.78 is 5.07. The van der Waals surface area contributed by atoms with Crippen molar-refractivity contribution < 1.29 is 9.53 Å². The molecule has 0 saturated carbocycles. The van der Waals surface area contributed by atoms with Gasteiger partial charge in [0.25, 0.3) is 0 Å². The summed E-state index contributed by atoms with van der Waals surface area (Å²) in [5.41, 5.74) is 2.02. The predicted octanol–water partition coefficient (Wildman–Crippen LogP) is 2.02. The molecular weight excluding hydrogens is 228 g/mol. The summed E-state index contributed by atoms with van der Waals surface area (Å²) in [4.78, 5) is 11.5. The van der Waals surface area contributed by atoms with Crippen LogP contribution in [0.25, 0.3) is 0 Å². The number of benzene rings is 1. The molecule has 1 rings (SSSR count). The Bertz CT molecular complexity index is 378. The zero-order valence-corrected chi connectivity index (χ0v) is 11.3. The number of nitrogens with one attached hydrogen (secondary N) is 2. The molecule has 0 fully saturated rings. The second kappa shape index (κ2) is 7.71. The van der Waals surface area contributed by atoms with E-state index < -0.39 is 0 Å². The molecular formula is C14H22N2O2. The number of carbonyl (C=O) groups is 1. The van der Waals surface area contributed by atoms with Gasteiger partial charge in [0.05, 0.1) is 13.2 Å². The molecule has 0 aliphatic heterocycles. The van der Waals surface area contributed by atoms with E-state index in [9.17, 15) is 4.79 Å². The average Bonchev–Trinajstić information content (AvgIpc) is 2.35. The van der Waals surface area contributed by atoms with Crippen molar-refractivity contribution in [2.24, 2.45) is 5.92 Å². The molecule has 0 aliphatic rings. The second-order valence-electron chi connectivity index (χ2n) is 4.68. The van der Waals surface area contributed by atoms with Crippen LogP contribution in [0.4, 0.5) is 5.69 Å². The molecule has 0 unspecified atom stereocenters. The Morgan fingerprint density at radius 2 is 2.17 bits per heavy atom. The first-order chi connectivity index (χ1) is 8.61. The van der Waals surface area contributed by atoms with Gasteiger partial charge in [0.15, 0.2) is 0 Å². The van der Waals surface area contributed by atoms with E-state index in [1.165, 1.54) is 0 Å². The predicted molar refractivity (Wildman–Crippen MR) is 73.5 cm³/mol. The van der Waals surface area contributed by atoms with Gasteiger partial charge >= 0.3 is 0 Å². The van der Waals surface area contributed by atoms with Crippen LogP contribution < -0.4 is 10.6 Å². The van der Waals surface area contributed by atoms with Gasteiger partial charge in [-0.05, 0) is 23.6 Å². The summed E-state index contributed by atoms with van der Waals surface area (Å²) >= 11 is 0. The summed E-state index contributed by atoms with van der Waals surface area (Å²) in [5.74, 6) is 0.486. The van der Waals surface area contributed by atoms with Crippen molar-refractivity contribution in [1.29, 1.82) is 0 Å². The van der Waals surface area contributed by atoms with Crippen LogP contribution in [-0.2, 0) is 16.1 Å². The van der Waals surface area contributed by atoms with Crippen molar-refractivity contribution in [3.05, 3.63) is 29.8 Å². The van der Waals surface area contributed by atoms with Gasteiger partial charge in [-0.25, -0.2) is 0 Å². The third-order valence-electron chi connectivity index (χ3n) is 2.40. The molecule has 4 heteroatoms. The summed E-state index contributed by atoms with van der Waals surface area (Å²) in [6.45, 7) is 5.73. The number of hydrogen-bond donors (Lipinski definition) is 2. The maximum atomic E-state index is 11.5. The van der Waals surface area contributed by atoms with E-state index in [4.69, 9.17) is 4.74 Å². The Morgan fingerprint density at radius 1 is 1.39 bits per heavy atom. The molecule has 0 heterocycles. The topological polar surface area (TPSA) is 50.4 Å². The first-order valence-corrected chi connectivity index (χ1v) is 6.20. The molecule has 0 aliphatic carbocycles. The van der Waals surface area contributed by atoms with E-state index in [-0.39, 0.29) is 5.91 Å². The van der Waals surface area contributed by atoms with E-state index in [2.05, 4.69) is 24.5 Å². The molecule has 100 valence electrons. The van der Waals surface area contributed by atoms with Gasteiger partial charge < -0.3 is 15.4 Å². The van der Waals surface area contributed by atoms with Crippen molar-refractivity contribution in [3.63, 3.8) is 0 Å². The summed E-state index contributed by atoms with van der Waals surface area (Å²) in [6, 6.07) is 7.87. The second-order valence-corrected chi connectivity index (χ2v) is 4.68. The molecule has 0 saturated heterocycles. The quantitative estimate of drug-likeness (QED) is 0.778. The maximum Gasteiger partial charge on any atom is 0.239 e. The third kappa shape index (κ3) is 5.68. The highest BCUT2D eigenvalue weighted by Crippen LogP contribution is 2.10. The zero-order valence-electron chi connectivity index (χ0n) is 11.3. The van der Waals surface area contributed by atoms with Crippen molar-refractivity contribution in [2.45, 2.75) is 20.5 Å². The molecule has 0 radical (unpaired) electrons. The maximum absolute atomic E-state index is 11.5. The smallest absolute Gasteiger partial charge is 0.239 e. The highest BCUT2D eigenvalue weighted by atomic mass is 16.5. The van der Waals surface area contributed by atoms with E-state index in [0.717, 1.165) is 11.3 Å². The van der Waals surface area contributed by atoms with Crippen LogP contribution in [-0.4, -0.2) is 26.1 Å². The zero-order chi connectivity index (χ0) is 13.4. The SMILES string of the molecule is COCc1cccc(NCC(=O)NCC(C)C)c1. The molecule has 2 N–H and O–H groups in total. The molecule has 0 aromatic heterocycles. The minimum atomic E-state index is 0.0147. The molecule has 0 atom stereocenters. The van der Waals surface area contributed by atoms with E-state index >= 15 is 0 Å². The minimum Gasteiger partial charge on any atom is -0.380 e. The standard InChI is InChI=1S/C14H22N2O2/c1-11(2)8-16-14(17)9-15-13-6-4-5-12(7-13)10-18-3/h4-7,11,15H,8-10H2,1-3H3,(H,16,17). The average molecular weight is 250 g/mol. The lowest BCUT2D eigenvalue weighted by molar-refractivity contribution is -0.119. The monoisotopic (exact) mass is 250 g/mol. The van der Waals surface area contributed by atoms with Crippen LogP contribution in [0.5, 0.6) is 0 Å². The van der Waals surface area contributed by atoms with Crippen LogP contribution in [0.1, 0.15) is 19.4 Å². The first kappa shape index (κ1) is 14.5. The Labute approximate surface area is 109 Å². The number of rotatable bonds is 7. The van der Waals surface area contributed by atoms with Crippen LogP contribution >= 0.6 is 0 Å². The van der Waals surface area contributed by atoms with Crippen molar-refractivity contribution in [2.75, 3.05) is 25.5 Å². The van der Waals surface area contributed by atoms with Gasteiger partial charge in [-0.1, -0.05) is 26.0 Å². The number of amides is 1. The number of anilines is 1. The third-order valence-corrected chi connectivity index (χ3v) is 2.40. The molecule has 0 bridgehead atoms. The van der Waals surface area contributed by atoms with Crippen LogP contribution in [0.3, 0.4) is 0 Å². The number of hydrogen-bond acceptors (Lipinski definition) is 3. The van der Waals surface area contributed by atoms with Crippen molar-refractivity contribution in [3.8, 4) is 0 Å². The van der Waals surface area contributed by atoms with Crippen LogP contribution in [0.15, 0.2) is 24.3 Å². The number of ether oxygens (including phenoxy) is 1. The van der Waals surface area contributed by atoms with Gasteiger partial charge in [-0.15, -0.1) is 0 Å². The van der Waals surface area contributed by atoms with E-state index in [1.807, 2.05) is 24.3 Å². The minimum absolute atomic E-state index is 0.0147. The highest BCUT2D eigenvalue weighted by Gasteiger charge is 2.02. The Morgan fingerprint density at radius 3 is 2.83 bits per heavy atom. The Hall–Kier alpha value is -1.55. The van der Waals surface area contributed by atoms with E-state index in [1.54, 1.807) is 7.11 Å². The lowest BCUT2D eigenvalue weighted by Crippen LogP contribution is -2.32. The first-order valence-electron chi connectivity index (χ1n) is 6.20. The fraction of sp³-hybridized carbons (Fsp3) is 0.500. The summed E-state index contributed by atoms with van der Waals surface area (Å²) in [6.07, 6.45) is 0. The molecule has 1 aromatic rings. The van der Waals surface area contributed by atoms with Gasteiger partial charge in [0, 0.05) is 19.3 Å². The summed E-state index contributed by atoms with van der Waals surface area (Å²) in [5, 5.41) is 5.97. The van der Waals surface area contributed by atoms with Gasteiger partial charge in [0.1, 0.15) is 0 Å². The van der Waals surface area contributed by atoms with E-state index in [0.29, 0.717) is 25.6 Å². The number of carbonyl (C=O) groups excluding carboxylic acids is 1. The van der Waals surface area contributed by atoms with Gasteiger partial charge in [0.2, 0.25) is 5.91 Å². The Balaban J connectivity index is 2.38. The number of methoxy groups -OCH3 is 1. The van der Waals surface area contributed by atoms with Gasteiger partial charge in [-0.3, -0.25) is 4.79 Å². The molecule has 1 amide bonds. The van der Waals surface area contributed by atoms with Crippen LogP contribution in [0.2, 0.25) is 0 Å². The van der Waals surface area contributed by atoms with Crippen molar-refractivity contribution >= 4 is 11.6 Å². The molecule has 18 heavy (non-hydrogen) atoms. The van der Waals surface area contributed by atoms with Crippen molar-refractivity contribution in [1.82, 2.24) is 5.32 Å². The molecule has 0 spiro atoms. The normalized spacial score (nSPS) is 10.4. The van der Waals surface area contributed by atoms with Crippen LogP contribution in [0, 0.1) is 5.92 Å². The van der Waals surface area contributed by atoms with Gasteiger partial charge in [-0.2, -0.15) is 0 Å². The lowest BCUT2D eigenvalue weighted by atomic mass is 10.2. The Kier molecular flexibility index (Phi) is 6.22. The fourth-order valence-electron chi connectivity index (χ4n) is 1.50. The molecule has 4 nitrogen and oxygen atoms in total. The molecule has 1 aromatic carbocycles. The summed E-state index contributed by atoms with van der Waals surface area (Å²) in [7, 11) is 1.67. The lowest BCUT2D eigenvalue weighted by Gasteiger charge is -2.10.